The number of aryl methyl sites for hydroxylation is 1. The number of rotatable bonds is 3. The predicted molar refractivity (Wildman–Crippen MR) is 67.6 cm³/mol. The lowest BCUT2D eigenvalue weighted by Crippen LogP contribution is -2.34. The van der Waals surface area contributed by atoms with Crippen molar-refractivity contribution in [3.05, 3.63) is 59.7 Å². The third kappa shape index (κ3) is 2.89. The highest BCUT2D eigenvalue weighted by Crippen LogP contribution is 2.07. The number of carbonyl (C=O) groups excluding carboxylic acids is 1. The number of aromatic nitrogens is 2. The highest BCUT2D eigenvalue weighted by molar-refractivity contribution is 5.92. The molecule has 0 radical (unpaired) electrons. The summed E-state index contributed by atoms with van der Waals surface area (Å²) in [5.41, 5.74) is 7.74. The Labute approximate surface area is 105 Å². The Morgan fingerprint density at radius 2 is 1.94 bits per heavy atom. The minimum Gasteiger partial charge on any atom is -0.331 e. The van der Waals surface area contributed by atoms with Gasteiger partial charge in [-0.2, -0.15) is 0 Å². The lowest BCUT2D eigenvalue weighted by atomic mass is 10.2. The SMILES string of the molecule is Cc1cnc(C(=O)N[C@H](N)c2ccccc2)cn1. The van der Waals surface area contributed by atoms with Crippen LogP contribution < -0.4 is 11.1 Å². The molecule has 3 N–H and O–H groups in total. The second kappa shape index (κ2) is 5.37. The summed E-state index contributed by atoms with van der Waals surface area (Å²) in [6.07, 6.45) is 2.42. The molecule has 92 valence electrons. The number of hydrogen-bond acceptors (Lipinski definition) is 4. The van der Waals surface area contributed by atoms with Crippen LogP contribution in [0.3, 0.4) is 0 Å². The summed E-state index contributed by atoms with van der Waals surface area (Å²) in [7, 11) is 0. The van der Waals surface area contributed by atoms with Crippen molar-refractivity contribution in [1.82, 2.24) is 15.3 Å². The smallest absolute Gasteiger partial charge is 0.272 e. The van der Waals surface area contributed by atoms with E-state index in [1.54, 1.807) is 6.20 Å². The summed E-state index contributed by atoms with van der Waals surface area (Å²) < 4.78 is 0. The van der Waals surface area contributed by atoms with Gasteiger partial charge in [0.25, 0.3) is 5.91 Å². The molecule has 0 saturated heterocycles. The molecule has 2 aromatic rings. The van der Waals surface area contributed by atoms with Gasteiger partial charge in [-0.25, -0.2) is 4.98 Å². The summed E-state index contributed by atoms with van der Waals surface area (Å²) in [5.74, 6) is -0.334. The zero-order valence-corrected chi connectivity index (χ0v) is 10.00. The molecule has 1 aromatic carbocycles. The third-order valence-electron chi connectivity index (χ3n) is 2.46. The molecule has 0 aliphatic heterocycles. The molecule has 0 aliphatic rings. The molecule has 0 fully saturated rings. The van der Waals surface area contributed by atoms with Crippen molar-refractivity contribution in [3.8, 4) is 0 Å². The largest absolute Gasteiger partial charge is 0.331 e. The molecule has 0 saturated carbocycles. The number of carbonyl (C=O) groups is 1. The van der Waals surface area contributed by atoms with E-state index in [0.29, 0.717) is 0 Å². The number of amides is 1. The van der Waals surface area contributed by atoms with Gasteiger partial charge >= 0.3 is 0 Å². The molecule has 1 aromatic heterocycles. The van der Waals surface area contributed by atoms with Crippen molar-refractivity contribution in [3.63, 3.8) is 0 Å². The molecule has 0 spiro atoms. The van der Waals surface area contributed by atoms with Gasteiger partial charge in [0.15, 0.2) is 0 Å². The van der Waals surface area contributed by atoms with E-state index in [4.69, 9.17) is 5.73 Å². The topological polar surface area (TPSA) is 80.9 Å². The Morgan fingerprint density at radius 3 is 2.56 bits per heavy atom. The molecule has 1 atom stereocenters. The van der Waals surface area contributed by atoms with Gasteiger partial charge in [0, 0.05) is 6.20 Å². The molecular formula is C13H14N4O. The number of benzene rings is 1. The molecular weight excluding hydrogens is 228 g/mol. The van der Waals surface area contributed by atoms with Gasteiger partial charge in [0.05, 0.1) is 11.9 Å². The molecule has 2 rings (SSSR count). The Kier molecular flexibility index (Phi) is 3.64. The zero-order chi connectivity index (χ0) is 13.0. The van der Waals surface area contributed by atoms with Gasteiger partial charge in [-0.05, 0) is 12.5 Å². The quantitative estimate of drug-likeness (QED) is 0.792. The maximum atomic E-state index is 11.8. The number of nitrogens with two attached hydrogens (primary N) is 1. The minimum absolute atomic E-state index is 0.256. The summed E-state index contributed by atoms with van der Waals surface area (Å²) in [5, 5.41) is 2.67. The van der Waals surface area contributed by atoms with E-state index >= 15 is 0 Å². The van der Waals surface area contributed by atoms with Crippen molar-refractivity contribution < 1.29 is 4.79 Å². The Bertz CT molecular complexity index is 524. The lowest BCUT2D eigenvalue weighted by Gasteiger charge is -2.13. The van der Waals surface area contributed by atoms with Crippen LogP contribution in [-0.4, -0.2) is 15.9 Å². The van der Waals surface area contributed by atoms with Gasteiger partial charge in [-0.15, -0.1) is 0 Å². The fourth-order valence-electron chi connectivity index (χ4n) is 1.47. The molecule has 0 bridgehead atoms. The van der Waals surface area contributed by atoms with Crippen LogP contribution in [-0.2, 0) is 0 Å². The summed E-state index contributed by atoms with van der Waals surface area (Å²) in [4.78, 5) is 19.9. The van der Waals surface area contributed by atoms with Gasteiger partial charge in [0.1, 0.15) is 11.9 Å². The second-order valence-electron chi connectivity index (χ2n) is 3.90. The Balaban J connectivity index is 2.06. The normalized spacial score (nSPS) is 11.9. The summed E-state index contributed by atoms with van der Waals surface area (Å²) in [6.45, 7) is 1.81. The average Bonchev–Trinajstić information content (AvgIpc) is 2.40. The molecule has 0 unspecified atom stereocenters. The van der Waals surface area contributed by atoms with E-state index in [0.717, 1.165) is 11.3 Å². The monoisotopic (exact) mass is 242 g/mol. The second-order valence-corrected chi connectivity index (χ2v) is 3.90. The van der Waals surface area contributed by atoms with Crippen molar-refractivity contribution in [2.45, 2.75) is 13.1 Å². The minimum atomic E-state index is -0.554. The van der Waals surface area contributed by atoms with Crippen LogP contribution in [0.2, 0.25) is 0 Å². The van der Waals surface area contributed by atoms with Crippen molar-refractivity contribution in [2.75, 3.05) is 0 Å². The molecule has 0 aliphatic carbocycles. The van der Waals surface area contributed by atoms with E-state index < -0.39 is 6.17 Å². The van der Waals surface area contributed by atoms with Crippen LogP contribution in [0.15, 0.2) is 42.7 Å². The van der Waals surface area contributed by atoms with Crippen molar-refractivity contribution in [2.24, 2.45) is 5.73 Å². The zero-order valence-electron chi connectivity index (χ0n) is 10.00. The van der Waals surface area contributed by atoms with Gasteiger partial charge < -0.3 is 11.1 Å². The van der Waals surface area contributed by atoms with Gasteiger partial charge in [-0.3, -0.25) is 9.78 Å². The van der Waals surface area contributed by atoms with Gasteiger partial charge in [-0.1, -0.05) is 30.3 Å². The first-order valence-corrected chi connectivity index (χ1v) is 5.57. The predicted octanol–water partition coefficient (Wildman–Crippen LogP) is 1.17. The highest BCUT2D eigenvalue weighted by Gasteiger charge is 2.12. The fraction of sp³-hybridized carbons (Fsp3) is 0.154. The molecule has 5 nitrogen and oxygen atoms in total. The third-order valence-corrected chi connectivity index (χ3v) is 2.46. The number of hydrogen-bond donors (Lipinski definition) is 2. The standard InChI is InChI=1S/C13H14N4O/c1-9-7-16-11(8-15-9)13(18)17-12(14)10-5-3-2-4-6-10/h2-8,12H,14H2,1H3,(H,17,18)/t12-/m0/s1. The fourth-order valence-corrected chi connectivity index (χ4v) is 1.47. The van der Waals surface area contributed by atoms with Crippen molar-refractivity contribution >= 4 is 5.91 Å². The van der Waals surface area contributed by atoms with Crippen LogP contribution in [0, 0.1) is 6.92 Å². The molecule has 5 heteroatoms. The van der Waals surface area contributed by atoms with E-state index in [2.05, 4.69) is 15.3 Å². The van der Waals surface area contributed by atoms with Crippen LogP contribution in [0.25, 0.3) is 0 Å². The van der Waals surface area contributed by atoms with Crippen LogP contribution >= 0.6 is 0 Å². The average molecular weight is 242 g/mol. The molecule has 1 amide bonds. The maximum absolute atomic E-state index is 11.8. The first-order chi connectivity index (χ1) is 8.66. The first kappa shape index (κ1) is 12.2. The van der Waals surface area contributed by atoms with Crippen molar-refractivity contribution in [1.29, 1.82) is 0 Å². The van der Waals surface area contributed by atoms with Crippen LogP contribution in [0.4, 0.5) is 0 Å². The Hall–Kier alpha value is -2.27. The van der Waals surface area contributed by atoms with E-state index in [1.165, 1.54) is 6.20 Å². The van der Waals surface area contributed by atoms with Gasteiger partial charge in [0.2, 0.25) is 0 Å². The number of nitrogens with zero attached hydrogens (tertiary/aromatic N) is 2. The maximum Gasteiger partial charge on any atom is 0.272 e. The lowest BCUT2D eigenvalue weighted by molar-refractivity contribution is 0.0932. The van der Waals surface area contributed by atoms with E-state index in [9.17, 15) is 4.79 Å². The van der Waals surface area contributed by atoms with E-state index in [1.807, 2.05) is 37.3 Å². The highest BCUT2D eigenvalue weighted by atomic mass is 16.2. The summed E-state index contributed by atoms with van der Waals surface area (Å²) >= 11 is 0. The molecule has 18 heavy (non-hydrogen) atoms. The van der Waals surface area contributed by atoms with Crippen LogP contribution in [0.5, 0.6) is 0 Å². The van der Waals surface area contributed by atoms with Crippen LogP contribution in [0.1, 0.15) is 27.9 Å². The van der Waals surface area contributed by atoms with E-state index in [-0.39, 0.29) is 11.6 Å². The first-order valence-electron chi connectivity index (χ1n) is 5.57. The Morgan fingerprint density at radius 1 is 1.22 bits per heavy atom. The summed E-state index contributed by atoms with van der Waals surface area (Å²) in [6, 6.07) is 9.33. The molecule has 1 heterocycles. The number of nitrogens with one attached hydrogen (secondary N) is 1.